The topological polar surface area (TPSA) is 61.4 Å². The molecule has 5 heteroatoms. The zero-order valence-corrected chi connectivity index (χ0v) is 13.6. The SMILES string of the molecule is Cc1cn(C(=O)COc2ccc3ccc(=O)oc3c2)c2ccccc12. The van der Waals surface area contributed by atoms with Crippen LogP contribution < -0.4 is 10.4 Å². The third kappa shape index (κ3) is 2.80. The van der Waals surface area contributed by atoms with Gasteiger partial charge in [0.15, 0.2) is 6.61 Å². The minimum atomic E-state index is -0.421. The van der Waals surface area contributed by atoms with E-state index in [0.29, 0.717) is 11.3 Å². The zero-order chi connectivity index (χ0) is 17.4. The van der Waals surface area contributed by atoms with Crippen molar-refractivity contribution in [2.75, 3.05) is 6.61 Å². The Bertz CT molecular complexity index is 1150. The average molecular weight is 333 g/mol. The molecular formula is C20H15NO4. The van der Waals surface area contributed by atoms with Crippen molar-refractivity contribution in [1.29, 1.82) is 0 Å². The molecule has 0 aliphatic heterocycles. The Labute approximate surface area is 143 Å². The van der Waals surface area contributed by atoms with Crippen LogP contribution >= 0.6 is 0 Å². The third-order valence-electron chi connectivity index (χ3n) is 4.14. The molecule has 2 heterocycles. The van der Waals surface area contributed by atoms with Gasteiger partial charge in [0.25, 0.3) is 5.91 Å². The molecular weight excluding hydrogens is 318 g/mol. The minimum absolute atomic E-state index is 0.110. The maximum Gasteiger partial charge on any atom is 0.336 e. The molecule has 2 aromatic heterocycles. The van der Waals surface area contributed by atoms with Crippen LogP contribution in [0.1, 0.15) is 10.4 Å². The van der Waals surface area contributed by atoms with E-state index in [1.165, 1.54) is 6.07 Å². The van der Waals surface area contributed by atoms with Gasteiger partial charge >= 0.3 is 5.63 Å². The summed E-state index contributed by atoms with van der Waals surface area (Å²) in [6.45, 7) is 1.86. The molecule has 0 radical (unpaired) electrons. The summed E-state index contributed by atoms with van der Waals surface area (Å²) in [5, 5.41) is 1.84. The lowest BCUT2D eigenvalue weighted by Gasteiger charge is -2.07. The van der Waals surface area contributed by atoms with Crippen LogP contribution in [0.15, 0.2) is 70.0 Å². The highest BCUT2D eigenvalue weighted by atomic mass is 16.5. The second kappa shape index (κ2) is 5.94. The van der Waals surface area contributed by atoms with Crippen LogP contribution in [0.25, 0.3) is 21.9 Å². The Kier molecular flexibility index (Phi) is 3.61. The fourth-order valence-electron chi connectivity index (χ4n) is 2.90. The van der Waals surface area contributed by atoms with Crippen LogP contribution in [0, 0.1) is 6.92 Å². The van der Waals surface area contributed by atoms with Crippen molar-refractivity contribution < 1.29 is 13.9 Å². The number of rotatable bonds is 3. The van der Waals surface area contributed by atoms with Crippen molar-refractivity contribution in [1.82, 2.24) is 4.57 Å². The number of carbonyl (C=O) groups excluding carboxylic acids is 1. The lowest BCUT2D eigenvalue weighted by molar-refractivity contribution is 0.0843. The maximum absolute atomic E-state index is 12.5. The number of carbonyl (C=O) groups is 1. The van der Waals surface area contributed by atoms with Gasteiger partial charge < -0.3 is 9.15 Å². The first-order chi connectivity index (χ1) is 12.1. The summed E-state index contributed by atoms with van der Waals surface area (Å²) in [5.41, 5.74) is 1.91. The largest absolute Gasteiger partial charge is 0.484 e. The second-order valence-electron chi connectivity index (χ2n) is 5.84. The molecule has 5 nitrogen and oxygen atoms in total. The predicted molar refractivity (Wildman–Crippen MR) is 95.3 cm³/mol. The third-order valence-corrected chi connectivity index (χ3v) is 4.14. The molecule has 0 spiro atoms. The Morgan fingerprint density at radius 3 is 2.80 bits per heavy atom. The van der Waals surface area contributed by atoms with Crippen LogP contribution in [0.3, 0.4) is 0 Å². The molecule has 0 aliphatic rings. The lowest BCUT2D eigenvalue weighted by atomic mass is 10.2. The highest BCUT2D eigenvalue weighted by molar-refractivity contribution is 5.95. The molecule has 2 aromatic carbocycles. The van der Waals surface area contributed by atoms with E-state index in [0.717, 1.165) is 21.9 Å². The van der Waals surface area contributed by atoms with Crippen molar-refractivity contribution in [2.24, 2.45) is 0 Å². The standard InChI is InChI=1S/C20H15NO4/c1-13-11-21(17-5-3-2-4-16(13)17)19(22)12-24-15-8-6-14-7-9-20(23)25-18(14)10-15/h2-11H,12H2,1H3. The van der Waals surface area contributed by atoms with Crippen molar-refractivity contribution in [3.8, 4) is 5.75 Å². The number of para-hydroxylation sites is 1. The number of benzene rings is 2. The van der Waals surface area contributed by atoms with Crippen LogP contribution in [0.4, 0.5) is 0 Å². The molecule has 0 fully saturated rings. The summed E-state index contributed by atoms with van der Waals surface area (Å²) in [5.74, 6) is 0.308. The number of aryl methyl sites for hydroxylation is 1. The number of ether oxygens (including phenoxy) is 1. The molecule has 0 atom stereocenters. The van der Waals surface area contributed by atoms with Crippen molar-refractivity contribution >= 4 is 27.8 Å². The van der Waals surface area contributed by atoms with E-state index >= 15 is 0 Å². The number of hydrogen-bond donors (Lipinski definition) is 0. The van der Waals surface area contributed by atoms with Gasteiger partial charge in [0.1, 0.15) is 11.3 Å². The van der Waals surface area contributed by atoms with Gasteiger partial charge in [-0.3, -0.25) is 9.36 Å². The lowest BCUT2D eigenvalue weighted by Crippen LogP contribution is -2.18. The van der Waals surface area contributed by atoms with Crippen LogP contribution in [-0.2, 0) is 0 Å². The Morgan fingerprint density at radius 1 is 1.12 bits per heavy atom. The van der Waals surface area contributed by atoms with E-state index in [4.69, 9.17) is 9.15 Å². The first-order valence-corrected chi connectivity index (χ1v) is 7.88. The molecule has 0 N–H and O–H groups in total. The minimum Gasteiger partial charge on any atom is -0.484 e. The van der Waals surface area contributed by atoms with E-state index in [2.05, 4.69) is 0 Å². The molecule has 25 heavy (non-hydrogen) atoms. The number of hydrogen-bond acceptors (Lipinski definition) is 4. The summed E-state index contributed by atoms with van der Waals surface area (Å²) in [7, 11) is 0. The number of aromatic nitrogens is 1. The van der Waals surface area contributed by atoms with E-state index in [-0.39, 0.29) is 12.5 Å². The summed E-state index contributed by atoms with van der Waals surface area (Å²) in [6.07, 6.45) is 1.82. The van der Waals surface area contributed by atoms with Crippen molar-refractivity contribution in [3.63, 3.8) is 0 Å². The normalized spacial score (nSPS) is 11.1. The smallest absolute Gasteiger partial charge is 0.336 e. The highest BCUT2D eigenvalue weighted by Crippen LogP contribution is 2.22. The van der Waals surface area contributed by atoms with E-state index in [9.17, 15) is 9.59 Å². The van der Waals surface area contributed by atoms with Gasteiger partial charge in [0.05, 0.1) is 5.52 Å². The molecule has 0 aliphatic carbocycles. The fraction of sp³-hybridized carbons (Fsp3) is 0.100. The summed E-state index contributed by atoms with van der Waals surface area (Å²) >= 11 is 0. The van der Waals surface area contributed by atoms with Gasteiger partial charge in [0.2, 0.25) is 0 Å². The second-order valence-corrected chi connectivity index (χ2v) is 5.84. The van der Waals surface area contributed by atoms with E-state index in [1.807, 2.05) is 37.4 Å². The van der Waals surface area contributed by atoms with Gasteiger partial charge in [-0.15, -0.1) is 0 Å². The van der Waals surface area contributed by atoms with E-state index in [1.54, 1.807) is 28.8 Å². The molecule has 0 amide bonds. The van der Waals surface area contributed by atoms with E-state index < -0.39 is 5.63 Å². The quantitative estimate of drug-likeness (QED) is 0.535. The fourth-order valence-corrected chi connectivity index (χ4v) is 2.90. The molecule has 4 rings (SSSR count). The summed E-state index contributed by atoms with van der Waals surface area (Å²) in [6, 6.07) is 15.9. The Morgan fingerprint density at radius 2 is 1.92 bits per heavy atom. The van der Waals surface area contributed by atoms with Gasteiger partial charge in [-0.2, -0.15) is 0 Å². The molecule has 0 saturated heterocycles. The molecule has 0 saturated carbocycles. The molecule has 0 unspecified atom stereocenters. The van der Waals surface area contributed by atoms with Gasteiger partial charge in [0, 0.05) is 29.1 Å². The molecule has 124 valence electrons. The number of nitrogens with zero attached hydrogens (tertiary/aromatic N) is 1. The summed E-state index contributed by atoms with van der Waals surface area (Å²) in [4.78, 5) is 23.8. The van der Waals surface area contributed by atoms with Crippen LogP contribution in [0.2, 0.25) is 0 Å². The predicted octanol–water partition coefficient (Wildman–Crippen LogP) is 3.78. The maximum atomic E-state index is 12.5. The average Bonchev–Trinajstić information content (AvgIpc) is 2.96. The molecule has 4 aromatic rings. The first kappa shape index (κ1) is 15.2. The Balaban J connectivity index is 1.58. The zero-order valence-electron chi connectivity index (χ0n) is 13.6. The summed E-state index contributed by atoms with van der Waals surface area (Å²) < 4.78 is 12.3. The van der Waals surface area contributed by atoms with Crippen molar-refractivity contribution in [2.45, 2.75) is 6.92 Å². The van der Waals surface area contributed by atoms with Gasteiger partial charge in [-0.1, -0.05) is 18.2 Å². The monoisotopic (exact) mass is 333 g/mol. The number of fused-ring (bicyclic) bond motifs is 2. The molecule has 0 bridgehead atoms. The van der Waals surface area contributed by atoms with Crippen LogP contribution in [-0.4, -0.2) is 17.1 Å². The van der Waals surface area contributed by atoms with Gasteiger partial charge in [-0.25, -0.2) is 4.79 Å². The highest BCUT2D eigenvalue weighted by Gasteiger charge is 2.12. The van der Waals surface area contributed by atoms with Gasteiger partial charge in [-0.05, 0) is 36.8 Å². The van der Waals surface area contributed by atoms with Crippen LogP contribution in [0.5, 0.6) is 5.75 Å². The Hall–Kier alpha value is -3.34. The first-order valence-electron chi connectivity index (χ1n) is 7.88. The van der Waals surface area contributed by atoms with Crippen molar-refractivity contribution in [3.05, 3.63) is 76.8 Å².